The summed E-state index contributed by atoms with van der Waals surface area (Å²) in [5.74, 6) is 1.95. The summed E-state index contributed by atoms with van der Waals surface area (Å²) in [5, 5.41) is 0. The Morgan fingerprint density at radius 3 is 2.17 bits per heavy atom. The Morgan fingerprint density at radius 1 is 0.696 bits per heavy atom. The Kier molecular flexibility index (Phi) is 3.26. The Balaban J connectivity index is 2.03. The quantitative estimate of drug-likeness (QED) is 0.490. The third-order valence-corrected chi connectivity index (χ3v) is 4.76. The van der Waals surface area contributed by atoms with Crippen LogP contribution in [-0.4, -0.2) is 6.71 Å². The average Bonchev–Trinajstić information content (AvgIpc) is 2.53. The van der Waals surface area contributed by atoms with E-state index in [0.717, 1.165) is 11.5 Å². The molecule has 3 aromatic carbocycles. The molecule has 0 aliphatic carbocycles. The van der Waals surface area contributed by atoms with E-state index in [1.165, 1.54) is 33.1 Å². The summed E-state index contributed by atoms with van der Waals surface area (Å²) in [6, 6.07) is 21.5. The van der Waals surface area contributed by atoms with Crippen molar-refractivity contribution in [1.82, 2.24) is 0 Å². The highest BCUT2D eigenvalue weighted by Crippen LogP contribution is 2.25. The largest absolute Gasteiger partial charge is 0.458 e. The lowest BCUT2D eigenvalue weighted by atomic mass is 9.34. The highest BCUT2D eigenvalue weighted by molar-refractivity contribution is 6.97. The van der Waals surface area contributed by atoms with E-state index in [9.17, 15) is 0 Å². The summed E-state index contributed by atoms with van der Waals surface area (Å²) >= 11 is 0. The maximum atomic E-state index is 6.19. The summed E-state index contributed by atoms with van der Waals surface area (Å²) < 4.78 is 6.19. The first kappa shape index (κ1) is 14.1. The minimum atomic E-state index is 0.233. The lowest BCUT2D eigenvalue weighted by Crippen LogP contribution is -2.56. The second kappa shape index (κ2) is 5.31. The minimum Gasteiger partial charge on any atom is -0.458 e. The predicted octanol–water partition coefficient (Wildman–Crippen LogP) is 3.23. The topological polar surface area (TPSA) is 9.23 Å². The van der Waals surface area contributed by atoms with Crippen LogP contribution in [-0.2, 0) is 0 Å². The van der Waals surface area contributed by atoms with Gasteiger partial charge in [0.05, 0.1) is 0 Å². The van der Waals surface area contributed by atoms with Gasteiger partial charge in [0.25, 0.3) is 6.71 Å². The van der Waals surface area contributed by atoms with E-state index >= 15 is 0 Å². The maximum absolute atomic E-state index is 6.19. The van der Waals surface area contributed by atoms with Gasteiger partial charge >= 0.3 is 0 Å². The van der Waals surface area contributed by atoms with E-state index in [1.807, 2.05) is 6.07 Å². The average molecular weight is 298 g/mol. The molecule has 0 bridgehead atoms. The molecule has 0 saturated heterocycles. The van der Waals surface area contributed by atoms with Crippen LogP contribution in [0.1, 0.15) is 16.7 Å². The van der Waals surface area contributed by atoms with Crippen molar-refractivity contribution in [2.24, 2.45) is 0 Å². The number of fused-ring (bicyclic) bond motifs is 2. The zero-order valence-corrected chi connectivity index (χ0v) is 13.8. The Morgan fingerprint density at radius 2 is 1.39 bits per heavy atom. The zero-order valence-electron chi connectivity index (χ0n) is 13.8. The molecule has 0 atom stereocenters. The molecular formula is C21H19BO. The third-order valence-electron chi connectivity index (χ3n) is 4.76. The molecule has 0 radical (unpaired) electrons. The molecular weight excluding hydrogens is 279 g/mol. The molecule has 0 aromatic heterocycles. The van der Waals surface area contributed by atoms with Crippen LogP contribution in [0.3, 0.4) is 0 Å². The van der Waals surface area contributed by atoms with Gasteiger partial charge in [0.2, 0.25) is 0 Å². The number of hydrogen-bond acceptors (Lipinski definition) is 1. The van der Waals surface area contributed by atoms with Crippen molar-refractivity contribution < 1.29 is 4.74 Å². The lowest BCUT2D eigenvalue weighted by molar-refractivity contribution is 0.487. The molecule has 0 unspecified atom stereocenters. The van der Waals surface area contributed by atoms with E-state index < -0.39 is 0 Å². The SMILES string of the molecule is Cc1ccc2c(c1)Oc1ccccc1B2c1c(C)cccc1C. The third kappa shape index (κ3) is 2.26. The first-order valence-corrected chi connectivity index (χ1v) is 8.08. The highest BCUT2D eigenvalue weighted by Gasteiger charge is 2.33. The Hall–Kier alpha value is -2.48. The fourth-order valence-electron chi connectivity index (χ4n) is 3.66. The van der Waals surface area contributed by atoms with Gasteiger partial charge in [-0.15, -0.1) is 0 Å². The van der Waals surface area contributed by atoms with Crippen molar-refractivity contribution in [3.05, 3.63) is 77.4 Å². The van der Waals surface area contributed by atoms with Crippen LogP contribution >= 0.6 is 0 Å². The fraction of sp³-hybridized carbons (Fsp3) is 0.143. The van der Waals surface area contributed by atoms with Crippen LogP contribution < -0.4 is 21.1 Å². The molecule has 1 aliphatic heterocycles. The van der Waals surface area contributed by atoms with Crippen LogP contribution in [0.2, 0.25) is 0 Å². The van der Waals surface area contributed by atoms with Gasteiger partial charge in [-0.1, -0.05) is 65.1 Å². The molecule has 0 saturated carbocycles. The van der Waals surface area contributed by atoms with Crippen molar-refractivity contribution >= 4 is 23.1 Å². The summed E-state index contributed by atoms with van der Waals surface area (Å²) in [5.41, 5.74) is 7.79. The molecule has 0 spiro atoms. The molecule has 0 fully saturated rings. The van der Waals surface area contributed by atoms with Gasteiger partial charge in [0.1, 0.15) is 11.5 Å². The number of para-hydroxylation sites is 1. The van der Waals surface area contributed by atoms with E-state index in [0.29, 0.717) is 0 Å². The summed E-state index contributed by atoms with van der Waals surface area (Å²) in [4.78, 5) is 0. The van der Waals surface area contributed by atoms with Crippen LogP contribution in [0.5, 0.6) is 11.5 Å². The van der Waals surface area contributed by atoms with Crippen LogP contribution in [0.25, 0.3) is 0 Å². The van der Waals surface area contributed by atoms with Crippen LogP contribution in [0.15, 0.2) is 60.7 Å². The summed E-state index contributed by atoms with van der Waals surface area (Å²) in [7, 11) is 0. The number of hydrogen-bond donors (Lipinski definition) is 0. The second-order valence-corrected chi connectivity index (χ2v) is 6.42. The summed E-state index contributed by atoms with van der Waals surface area (Å²) in [6.45, 7) is 6.75. The van der Waals surface area contributed by atoms with Crippen molar-refractivity contribution in [2.75, 3.05) is 0 Å². The van der Waals surface area contributed by atoms with Gasteiger partial charge < -0.3 is 4.74 Å². The fourth-order valence-corrected chi connectivity index (χ4v) is 3.66. The molecule has 1 aliphatic rings. The number of aryl methyl sites for hydroxylation is 3. The van der Waals surface area contributed by atoms with Gasteiger partial charge in [-0.2, -0.15) is 0 Å². The van der Waals surface area contributed by atoms with Crippen molar-refractivity contribution in [3.63, 3.8) is 0 Å². The van der Waals surface area contributed by atoms with Gasteiger partial charge in [-0.3, -0.25) is 0 Å². The van der Waals surface area contributed by atoms with Gasteiger partial charge in [-0.25, -0.2) is 0 Å². The van der Waals surface area contributed by atoms with Gasteiger partial charge in [0.15, 0.2) is 0 Å². The van der Waals surface area contributed by atoms with E-state index in [1.54, 1.807) is 0 Å². The predicted molar refractivity (Wildman–Crippen MR) is 98.3 cm³/mol. The standard InChI is InChI=1S/C21H19BO/c1-14-11-12-18-20(13-14)23-19-10-5-4-9-17(19)22(18)21-15(2)7-6-8-16(21)3/h4-13H,1-3H3. The normalized spacial score (nSPS) is 12.4. The molecule has 0 amide bonds. The molecule has 1 nitrogen and oxygen atoms in total. The van der Waals surface area contributed by atoms with Crippen molar-refractivity contribution in [1.29, 1.82) is 0 Å². The maximum Gasteiger partial charge on any atom is 0.251 e. The molecule has 2 heteroatoms. The lowest BCUT2D eigenvalue weighted by Gasteiger charge is -2.28. The Labute approximate surface area is 138 Å². The smallest absolute Gasteiger partial charge is 0.251 e. The summed E-state index contributed by atoms with van der Waals surface area (Å²) in [6.07, 6.45) is 0. The number of rotatable bonds is 1. The first-order valence-electron chi connectivity index (χ1n) is 8.08. The molecule has 1 heterocycles. The molecule has 0 N–H and O–H groups in total. The van der Waals surface area contributed by atoms with Crippen LogP contribution in [0.4, 0.5) is 0 Å². The molecule has 4 rings (SSSR count). The minimum absolute atomic E-state index is 0.233. The van der Waals surface area contributed by atoms with E-state index in [4.69, 9.17) is 4.74 Å². The van der Waals surface area contributed by atoms with Crippen molar-refractivity contribution in [2.45, 2.75) is 20.8 Å². The highest BCUT2D eigenvalue weighted by atomic mass is 16.5. The first-order chi connectivity index (χ1) is 11.1. The van der Waals surface area contributed by atoms with Gasteiger partial charge in [-0.05, 0) is 49.4 Å². The Bertz CT molecular complexity index is 878. The molecule has 23 heavy (non-hydrogen) atoms. The van der Waals surface area contributed by atoms with Crippen LogP contribution in [0, 0.1) is 20.8 Å². The second-order valence-electron chi connectivity index (χ2n) is 6.42. The number of ether oxygens (including phenoxy) is 1. The number of benzene rings is 3. The van der Waals surface area contributed by atoms with E-state index in [-0.39, 0.29) is 6.71 Å². The molecule has 3 aromatic rings. The van der Waals surface area contributed by atoms with E-state index in [2.05, 4.69) is 75.4 Å². The van der Waals surface area contributed by atoms with Gasteiger partial charge in [0, 0.05) is 0 Å². The van der Waals surface area contributed by atoms with Crippen molar-refractivity contribution in [3.8, 4) is 11.5 Å². The monoisotopic (exact) mass is 298 g/mol. The molecule has 112 valence electrons. The zero-order chi connectivity index (χ0) is 16.0.